The Bertz CT molecular complexity index is 685. The molecule has 110 valence electrons. The van der Waals surface area contributed by atoms with Gasteiger partial charge in [0.15, 0.2) is 0 Å². The minimum atomic E-state index is -0.128. The summed E-state index contributed by atoms with van der Waals surface area (Å²) in [6, 6.07) is 9.15. The van der Waals surface area contributed by atoms with Crippen molar-refractivity contribution in [1.82, 2.24) is 0 Å². The Morgan fingerprint density at radius 1 is 1.19 bits per heavy atom. The van der Waals surface area contributed by atoms with Crippen molar-refractivity contribution in [2.75, 3.05) is 11.1 Å². The molecule has 21 heavy (non-hydrogen) atoms. The van der Waals surface area contributed by atoms with E-state index in [-0.39, 0.29) is 5.91 Å². The lowest BCUT2D eigenvalue weighted by Gasteiger charge is -2.18. The largest absolute Gasteiger partial charge is 0.397 e. The van der Waals surface area contributed by atoms with Crippen molar-refractivity contribution in [3.8, 4) is 0 Å². The van der Waals surface area contributed by atoms with Crippen LogP contribution in [-0.4, -0.2) is 5.91 Å². The van der Waals surface area contributed by atoms with Crippen molar-refractivity contribution in [1.29, 1.82) is 0 Å². The topological polar surface area (TPSA) is 55.1 Å². The molecular formula is C16H16Br2N2O. The Morgan fingerprint density at radius 2 is 1.81 bits per heavy atom. The molecule has 0 heterocycles. The van der Waals surface area contributed by atoms with E-state index in [1.54, 1.807) is 12.1 Å². The molecule has 2 aromatic rings. The lowest BCUT2D eigenvalue weighted by Crippen LogP contribution is -2.15. The van der Waals surface area contributed by atoms with E-state index in [0.29, 0.717) is 11.3 Å². The number of rotatable bonds is 3. The van der Waals surface area contributed by atoms with Crippen LogP contribution in [0, 0.1) is 6.92 Å². The molecule has 0 saturated carbocycles. The number of carbonyl (C=O) groups is 1. The van der Waals surface area contributed by atoms with E-state index in [1.807, 2.05) is 32.0 Å². The molecule has 0 bridgehead atoms. The molecule has 0 aliphatic rings. The lowest BCUT2D eigenvalue weighted by atomic mass is 10.0. The minimum absolute atomic E-state index is 0.128. The Labute approximate surface area is 141 Å². The number of nitrogen functional groups attached to an aromatic ring is 1. The van der Waals surface area contributed by atoms with Gasteiger partial charge in [-0.2, -0.15) is 0 Å². The van der Waals surface area contributed by atoms with Crippen LogP contribution < -0.4 is 11.1 Å². The molecule has 0 radical (unpaired) electrons. The second kappa shape index (κ2) is 6.62. The third-order valence-electron chi connectivity index (χ3n) is 3.37. The van der Waals surface area contributed by atoms with Crippen LogP contribution in [0.5, 0.6) is 0 Å². The minimum Gasteiger partial charge on any atom is -0.397 e. The summed E-state index contributed by atoms with van der Waals surface area (Å²) in [6.07, 6.45) is 0.767. The fourth-order valence-corrected chi connectivity index (χ4v) is 3.52. The number of benzene rings is 2. The number of nitrogens with one attached hydrogen (secondary N) is 1. The van der Waals surface area contributed by atoms with Crippen LogP contribution in [0.4, 0.5) is 11.4 Å². The maximum Gasteiger partial charge on any atom is 0.255 e. The molecule has 0 saturated heterocycles. The standard InChI is InChI=1S/C16H16Br2N2O/c1-3-11-13(18)14(19)12(17)9(2)15(11)20-16(21)10-7-5-4-6-8-10/h4-8H,3,19H2,1-2H3,(H,20,21). The van der Waals surface area contributed by atoms with Crippen molar-refractivity contribution < 1.29 is 4.79 Å². The number of halogens is 2. The Morgan fingerprint density at radius 3 is 2.38 bits per heavy atom. The molecule has 0 aliphatic heterocycles. The van der Waals surface area contributed by atoms with Gasteiger partial charge in [0, 0.05) is 20.2 Å². The van der Waals surface area contributed by atoms with Crippen molar-refractivity contribution in [2.24, 2.45) is 0 Å². The highest BCUT2D eigenvalue weighted by Gasteiger charge is 2.18. The van der Waals surface area contributed by atoms with Crippen molar-refractivity contribution in [3.63, 3.8) is 0 Å². The maximum atomic E-state index is 12.4. The predicted molar refractivity (Wildman–Crippen MR) is 94.8 cm³/mol. The summed E-state index contributed by atoms with van der Waals surface area (Å²) in [7, 11) is 0. The summed E-state index contributed by atoms with van der Waals surface area (Å²) in [4.78, 5) is 12.4. The molecule has 0 atom stereocenters. The first-order valence-corrected chi connectivity index (χ1v) is 8.18. The monoisotopic (exact) mass is 410 g/mol. The van der Waals surface area contributed by atoms with Gasteiger partial charge in [-0.3, -0.25) is 4.79 Å². The number of carbonyl (C=O) groups excluding carboxylic acids is 1. The molecule has 2 rings (SSSR count). The smallest absolute Gasteiger partial charge is 0.255 e. The zero-order chi connectivity index (χ0) is 15.6. The van der Waals surface area contributed by atoms with E-state index in [2.05, 4.69) is 37.2 Å². The van der Waals surface area contributed by atoms with Crippen LogP contribution in [0.1, 0.15) is 28.4 Å². The number of nitrogens with two attached hydrogens (primary N) is 1. The van der Waals surface area contributed by atoms with E-state index >= 15 is 0 Å². The summed E-state index contributed by atoms with van der Waals surface area (Å²) in [6.45, 7) is 3.97. The molecule has 2 aromatic carbocycles. The molecule has 3 N–H and O–H groups in total. The fourth-order valence-electron chi connectivity index (χ4n) is 2.18. The SMILES string of the molecule is CCc1c(Br)c(N)c(Br)c(C)c1NC(=O)c1ccccc1. The normalized spacial score (nSPS) is 10.5. The average Bonchev–Trinajstić information content (AvgIpc) is 2.51. The molecule has 0 aromatic heterocycles. The number of amides is 1. The second-order valence-electron chi connectivity index (χ2n) is 4.69. The van der Waals surface area contributed by atoms with Gasteiger partial charge in [0.1, 0.15) is 0 Å². The van der Waals surface area contributed by atoms with Crippen LogP contribution in [-0.2, 0) is 6.42 Å². The molecule has 0 fully saturated rings. The highest BCUT2D eigenvalue weighted by atomic mass is 79.9. The van der Waals surface area contributed by atoms with Crippen molar-refractivity contribution in [3.05, 3.63) is 56.0 Å². The zero-order valence-electron chi connectivity index (χ0n) is 11.8. The number of hydrogen-bond donors (Lipinski definition) is 2. The summed E-state index contributed by atoms with van der Waals surface area (Å²) in [5, 5.41) is 3.00. The molecular weight excluding hydrogens is 396 g/mol. The van der Waals surface area contributed by atoms with Crippen LogP contribution in [0.15, 0.2) is 39.3 Å². The Balaban J connectivity index is 2.47. The highest BCUT2D eigenvalue weighted by Crippen LogP contribution is 2.40. The van der Waals surface area contributed by atoms with E-state index in [1.165, 1.54) is 0 Å². The van der Waals surface area contributed by atoms with Crippen LogP contribution in [0.3, 0.4) is 0 Å². The fraction of sp³-hybridized carbons (Fsp3) is 0.188. The molecule has 0 spiro atoms. The third-order valence-corrected chi connectivity index (χ3v) is 5.30. The molecule has 1 amide bonds. The van der Waals surface area contributed by atoms with Gasteiger partial charge >= 0.3 is 0 Å². The van der Waals surface area contributed by atoms with Crippen LogP contribution in [0.2, 0.25) is 0 Å². The van der Waals surface area contributed by atoms with Gasteiger partial charge in [-0.1, -0.05) is 25.1 Å². The molecule has 3 nitrogen and oxygen atoms in total. The first kappa shape index (κ1) is 16.0. The highest BCUT2D eigenvalue weighted by molar-refractivity contribution is 9.11. The van der Waals surface area contributed by atoms with Gasteiger partial charge in [-0.25, -0.2) is 0 Å². The van der Waals surface area contributed by atoms with E-state index in [0.717, 1.165) is 32.2 Å². The van der Waals surface area contributed by atoms with Crippen LogP contribution in [0.25, 0.3) is 0 Å². The van der Waals surface area contributed by atoms with Crippen LogP contribution >= 0.6 is 31.9 Å². The van der Waals surface area contributed by atoms with Crippen molar-refractivity contribution in [2.45, 2.75) is 20.3 Å². The first-order chi connectivity index (χ1) is 9.97. The predicted octanol–water partition coefficient (Wildman–Crippen LogP) is 4.92. The van der Waals surface area contributed by atoms with Gasteiger partial charge in [0.05, 0.1) is 5.69 Å². The summed E-state index contributed by atoms with van der Waals surface area (Å²) >= 11 is 7.00. The summed E-state index contributed by atoms with van der Waals surface area (Å²) in [5.41, 5.74) is 10.1. The van der Waals surface area contributed by atoms with Gasteiger partial charge in [-0.15, -0.1) is 0 Å². The number of anilines is 2. The van der Waals surface area contributed by atoms with Gasteiger partial charge < -0.3 is 11.1 Å². The maximum absolute atomic E-state index is 12.4. The molecule has 5 heteroatoms. The summed E-state index contributed by atoms with van der Waals surface area (Å²) in [5.74, 6) is -0.128. The molecule has 0 aliphatic carbocycles. The molecule has 0 unspecified atom stereocenters. The summed E-state index contributed by atoms with van der Waals surface area (Å²) < 4.78 is 1.63. The third kappa shape index (κ3) is 3.14. The van der Waals surface area contributed by atoms with E-state index in [9.17, 15) is 4.79 Å². The van der Waals surface area contributed by atoms with Gasteiger partial charge in [0.25, 0.3) is 5.91 Å². The number of hydrogen-bond acceptors (Lipinski definition) is 2. The second-order valence-corrected chi connectivity index (χ2v) is 6.28. The van der Waals surface area contributed by atoms with E-state index in [4.69, 9.17) is 5.73 Å². The zero-order valence-corrected chi connectivity index (χ0v) is 15.0. The quantitative estimate of drug-likeness (QED) is 0.704. The van der Waals surface area contributed by atoms with Crippen molar-refractivity contribution >= 4 is 49.1 Å². The van der Waals surface area contributed by atoms with Gasteiger partial charge in [0.2, 0.25) is 0 Å². The Hall–Kier alpha value is -1.33. The lowest BCUT2D eigenvalue weighted by molar-refractivity contribution is 0.102. The first-order valence-electron chi connectivity index (χ1n) is 6.59. The van der Waals surface area contributed by atoms with E-state index < -0.39 is 0 Å². The Kier molecular flexibility index (Phi) is 5.06. The average molecular weight is 412 g/mol. The van der Waals surface area contributed by atoms with Gasteiger partial charge in [-0.05, 0) is 68.5 Å².